The number of hydrogen-bond acceptors (Lipinski definition) is 10. The van der Waals surface area contributed by atoms with Crippen LogP contribution in [0.25, 0.3) is 0 Å². The molecule has 0 saturated carbocycles. The number of ether oxygens (including phenoxy) is 5. The Morgan fingerprint density at radius 1 is 0.667 bits per heavy atom. The van der Waals surface area contributed by atoms with Crippen molar-refractivity contribution in [3.63, 3.8) is 0 Å². The summed E-state index contributed by atoms with van der Waals surface area (Å²) in [5.74, 6) is -3.69. The van der Waals surface area contributed by atoms with E-state index >= 15 is 0 Å². The lowest BCUT2D eigenvalue weighted by molar-refractivity contribution is -0.192. The predicted molar refractivity (Wildman–Crippen MR) is 100 cm³/mol. The maximum Gasteiger partial charge on any atom is 0.338 e. The quantitative estimate of drug-likeness (QED) is 0.399. The summed E-state index contributed by atoms with van der Waals surface area (Å²) in [6.45, 7) is 3.44. The molecule has 0 aromatic heterocycles. The molecule has 0 fully saturated rings. The first-order valence-corrected chi connectivity index (χ1v) is 8.97. The second-order valence-corrected chi connectivity index (χ2v) is 6.14. The van der Waals surface area contributed by atoms with Gasteiger partial charge in [-0.3, -0.25) is 19.2 Å². The van der Waals surface area contributed by atoms with Gasteiger partial charge < -0.3 is 23.7 Å². The molecule has 0 N–H and O–H groups in total. The van der Waals surface area contributed by atoms with Gasteiger partial charge in [0.2, 0.25) is 0 Å². The second kappa shape index (κ2) is 12.2. The second-order valence-electron chi connectivity index (χ2n) is 6.14. The summed E-state index contributed by atoms with van der Waals surface area (Å²) >= 11 is 0. The Balaban J connectivity index is 3.10. The molecule has 0 aliphatic carbocycles. The third-order valence-electron chi connectivity index (χ3n) is 3.51. The van der Waals surface area contributed by atoms with Crippen LogP contribution in [0, 0.1) is 0 Å². The molecule has 30 heavy (non-hydrogen) atoms. The molecule has 0 spiro atoms. The third kappa shape index (κ3) is 9.18. The maximum absolute atomic E-state index is 12.2. The molecule has 10 heteroatoms. The van der Waals surface area contributed by atoms with Gasteiger partial charge in [0.15, 0.2) is 18.3 Å². The van der Waals surface area contributed by atoms with Crippen molar-refractivity contribution in [2.45, 2.75) is 46.0 Å². The van der Waals surface area contributed by atoms with Crippen LogP contribution in [-0.4, -0.2) is 61.4 Å². The Morgan fingerprint density at radius 3 is 1.57 bits per heavy atom. The normalized spacial score (nSPS) is 13.2. The summed E-state index contributed by atoms with van der Waals surface area (Å²) in [7, 11) is 0. The van der Waals surface area contributed by atoms with Crippen LogP contribution < -0.4 is 0 Å². The van der Waals surface area contributed by atoms with Gasteiger partial charge >= 0.3 is 29.8 Å². The predicted octanol–water partition coefficient (Wildman–Crippen LogP) is 1.20. The van der Waals surface area contributed by atoms with Crippen LogP contribution in [0.1, 0.15) is 38.1 Å². The highest BCUT2D eigenvalue weighted by Crippen LogP contribution is 2.16. The molecule has 1 rings (SSSR count). The first-order chi connectivity index (χ1) is 14.1. The largest absolute Gasteiger partial charge is 0.462 e. The molecule has 3 atom stereocenters. The maximum atomic E-state index is 12.2. The number of hydrogen-bond donors (Lipinski definition) is 0. The van der Waals surface area contributed by atoms with E-state index in [0.717, 1.165) is 27.7 Å². The minimum atomic E-state index is -1.40. The van der Waals surface area contributed by atoms with Crippen LogP contribution in [0.3, 0.4) is 0 Å². The molecule has 0 amide bonds. The van der Waals surface area contributed by atoms with Crippen LogP contribution in [0.5, 0.6) is 0 Å². The highest BCUT2D eigenvalue weighted by atomic mass is 16.6. The summed E-state index contributed by atoms with van der Waals surface area (Å²) in [5, 5.41) is 0. The summed E-state index contributed by atoms with van der Waals surface area (Å²) in [5.41, 5.74) is 0.250. The molecule has 10 nitrogen and oxygen atoms in total. The van der Waals surface area contributed by atoms with Gasteiger partial charge in [0.05, 0.1) is 5.56 Å². The van der Waals surface area contributed by atoms with Crippen molar-refractivity contribution in [3.8, 4) is 0 Å². The van der Waals surface area contributed by atoms with Gasteiger partial charge in [-0.25, -0.2) is 4.79 Å². The van der Waals surface area contributed by atoms with E-state index in [-0.39, 0.29) is 5.56 Å². The van der Waals surface area contributed by atoms with Gasteiger partial charge in [0, 0.05) is 27.7 Å². The Hall–Kier alpha value is -3.43. The fourth-order valence-electron chi connectivity index (χ4n) is 2.42. The first kappa shape index (κ1) is 24.6. The zero-order chi connectivity index (χ0) is 22.7. The first-order valence-electron chi connectivity index (χ1n) is 8.97. The fraction of sp³-hybridized carbons (Fsp3) is 0.450. The van der Waals surface area contributed by atoms with E-state index in [1.165, 1.54) is 12.1 Å². The van der Waals surface area contributed by atoms with Crippen molar-refractivity contribution < 1.29 is 47.7 Å². The number of benzene rings is 1. The van der Waals surface area contributed by atoms with Crippen LogP contribution in [0.2, 0.25) is 0 Å². The molecule has 0 heterocycles. The van der Waals surface area contributed by atoms with Gasteiger partial charge in [-0.1, -0.05) is 18.2 Å². The molecule has 164 valence electrons. The molecule has 0 aliphatic rings. The van der Waals surface area contributed by atoms with E-state index in [4.69, 9.17) is 23.7 Å². The lowest BCUT2D eigenvalue weighted by Crippen LogP contribution is -2.49. The average Bonchev–Trinajstić information content (AvgIpc) is 2.66. The molecule has 0 radical (unpaired) electrons. The number of rotatable bonds is 10. The highest BCUT2D eigenvalue weighted by Gasteiger charge is 2.38. The number of carbonyl (C=O) groups excluding carboxylic acids is 5. The Bertz CT molecular complexity index is 758. The lowest BCUT2D eigenvalue weighted by Gasteiger charge is -2.31. The van der Waals surface area contributed by atoms with Crippen molar-refractivity contribution in [1.29, 1.82) is 0 Å². The number of esters is 5. The molecule has 1 aromatic rings. The zero-order valence-electron chi connectivity index (χ0n) is 17.1. The molecule has 1 aromatic carbocycles. The van der Waals surface area contributed by atoms with E-state index in [1.807, 2.05) is 0 Å². The van der Waals surface area contributed by atoms with E-state index in [1.54, 1.807) is 18.2 Å². The average molecular weight is 424 g/mol. The van der Waals surface area contributed by atoms with Crippen molar-refractivity contribution >= 4 is 29.8 Å². The molecule has 0 unspecified atom stereocenters. The lowest BCUT2D eigenvalue weighted by atomic mass is 10.1. The van der Waals surface area contributed by atoms with Crippen LogP contribution >= 0.6 is 0 Å². The summed E-state index contributed by atoms with van der Waals surface area (Å²) < 4.78 is 25.4. The summed E-state index contributed by atoms with van der Waals surface area (Å²) in [6.07, 6.45) is -4.05. The Kier molecular flexibility index (Phi) is 10.0. The van der Waals surface area contributed by atoms with Gasteiger partial charge in [-0.05, 0) is 12.1 Å². The molecule has 0 saturated heterocycles. The van der Waals surface area contributed by atoms with Crippen LogP contribution in [-0.2, 0) is 42.9 Å². The molecular weight excluding hydrogens is 400 g/mol. The van der Waals surface area contributed by atoms with E-state index in [2.05, 4.69) is 0 Å². The third-order valence-corrected chi connectivity index (χ3v) is 3.51. The van der Waals surface area contributed by atoms with Gasteiger partial charge in [0.25, 0.3) is 0 Å². The van der Waals surface area contributed by atoms with E-state index < -0.39 is 61.4 Å². The minimum absolute atomic E-state index is 0.250. The van der Waals surface area contributed by atoms with E-state index in [9.17, 15) is 24.0 Å². The van der Waals surface area contributed by atoms with E-state index in [0.29, 0.717) is 0 Å². The molecular formula is C20H24O10. The van der Waals surface area contributed by atoms with Crippen molar-refractivity contribution in [2.24, 2.45) is 0 Å². The molecule has 0 aliphatic heterocycles. The minimum Gasteiger partial charge on any atom is -0.462 e. The topological polar surface area (TPSA) is 132 Å². The Morgan fingerprint density at radius 2 is 1.13 bits per heavy atom. The highest BCUT2D eigenvalue weighted by molar-refractivity contribution is 5.89. The summed E-state index contributed by atoms with van der Waals surface area (Å²) in [4.78, 5) is 58.1. The van der Waals surface area contributed by atoms with Crippen molar-refractivity contribution in [1.82, 2.24) is 0 Å². The standard InChI is InChI=1S/C20H24O10/c1-12(21)26-10-17(28-13(2)22)19(30-15(4)24)18(29-14(3)23)11-27-20(25)16-8-6-5-7-9-16/h5-9,17-19H,10-11H2,1-4H3/t17-,18+,19+/m1/s1. The molecule has 0 bridgehead atoms. The van der Waals surface area contributed by atoms with Crippen molar-refractivity contribution in [3.05, 3.63) is 35.9 Å². The Labute approximate surface area is 173 Å². The number of carbonyl (C=O) groups is 5. The summed E-state index contributed by atoms with van der Waals surface area (Å²) in [6, 6.07) is 8.04. The zero-order valence-corrected chi connectivity index (χ0v) is 17.1. The van der Waals surface area contributed by atoms with Gasteiger partial charge in [0.1, 0.15) is 13.2 Å². The smallest absolute Gasteiger partial charge is 0.338 e. The van der Waals surface area contributed by atoms with Gasteiger partial charge in [-0.15, -0.1) is 0 Å². The fourth-order valence-corrected chi connectivity index (χ4v) is 2.42. The van der Waals surface area contributed by atoms with Crippen LogP contribution in [0.4, 0.5) is 0 Å². The monoisotopic (exact) mass is 424 g/mol. The van der Waals surface area contributed by atoms with Crippen molar-refractivity contribution in [2.75, 3.05) is 13.2 Å². The SMILES string of the molecule is CC(=O)OC[C@@H](OC(C)=O)[C@H](OC(C)=O)[C@H](COC(=O)c1ccccc1)OC(C)=O. The van der Waals surface area contributed by atoms with Crippen LogP contribution in [0.15, 0.2) is 30.3 Å². The van der Waals surface area contributed by atoms with Gasteiger partial charge in [-0.2, -0.15) is 0 Å².